The van der Waals surface area contributed by atoms with Crippen molar-refractivity contribution in [3.05, 3.63) is 0 Å². The molecule has 2 fully saturated rings. The highest BCUT2D eigenvalue weighted by atomic mass is 16.2. The second-order valence-corrected chi connectivity index (χ2v) is 4.17. The van der Waals surface area contributed by atoms with Crippen molar-refractivity contribution < 1.29 is 4.79 Å². The summed E-state index contributed by atoms with van der Waals surface area (Å²) in [5.74, 6) is 5.17. The molecular weight excluding hydrogens is 182 g/mol. The molecule has 1 aliphatic carbocycles. The first-order chi connectivity index (χ1) is 6.76. The van der Waals surface area contributed by atoms with Crippen LogP contribution in [0.3, 0.4) is 0 Å². The maximum Gasteiger partial charge on any atom is 0.236 e. The molecule has 1 saturated heterocycles. The molecular formula is C8H17N5O. The molecule has 6 N–H and O–H groups in total. The van der Waals surface area contributed by atoms with Gasteiger partial charge in [-0.15, -0.1) is 0 Å². The first-order valence-corrected chi connectivity index (χ1v) is 5.01. The number of hydrogen-bond acceptors (Lipinski definition) is 5. The van der Waals surface area contributed by atoms with Crippen LogP contribution in [0.15, 0.2) is 0 Å². The highest BCUT2D eigenvalue weighted by molar-refractivity contribution is 5.78. The van der Waals surface area contributed by atoms with E-state index in [4.69, 9.17) is 5.84 Å². The zero-order valence-corrected chi connectivity index (χ0v) is 8.10. The summed E-state index contributed by atoms with van der Waals surface area (Å²) in [5.41, 5.74) is 11.6. The quantitative estimate of drug-likeness (QED) is 0.202. The topological polar surface area (TPSA) is 91.2 Å². The van der Waals surface area contributed by atoms with Gasteiger partial charge in [0.25, 0.3) is 0 Å². The molecule has 6 nitrogen and oxygen atoms in total. The molecule has 0 radical (unpaired) electrons. The smallest absolute Gasteiger partial charge is 0.236 e. The summed E-state index contributed by atoms with van der Waals surface area (Å²) in [6.07, 6.45) is 3.81. The van der Waals surface area contributed by atoms with Crippen LogP contribution in [0.4, 0.5) is 0 Å². The normalized spacial score (nSPS) is 37.4. The van der Waals surface area contributed by atoms with Crippen molar-refractivity contribution in [2.24, 2.45) is 11.8 Å². The third-order valence-corrected chi connectivity index (χ3v) is 3.30. The van der Waals surface area contributed by atoms with Crippen LogP contribution in [0.2, 0.25) is 0 Å². The second-order valence-electron chi connectivity index (χ2n) is 4.17. The molecule has 1 amide bonds. The van der Waals surface area contributed by atoms with Gasteiger partial charge in [0.05, 0.1) is 0 Å². The Bertz CT molecular complexity index is 216. The largest absolute Gasteiger partial charge is 0.294 e. The van der Waals surface area contributed by atoms with E-state index >= 15 is 0 Å². The monoisotopic (exact) mass is 199 g/mol. The molecule has 0 atom stereocenters. The number of carbonyl (C=O) groups is 1. The minimum atomic E-state index is -0.0289. The minimum Gasteiger partial charge on any atom is -0.294 e. The zero-order valence-electron chi connectivity index (χ0n) is 8.10. The maximum atomic E-state index is 11.3. The van der Waals surface area contributed by atoms with Crippen LogP contribution in [-0.2, 0) is 4.79 Å². The molecule has 1 aliphatic heterocycles. The van der Waals surface area contributed by atoms with Gasteiger partial charge in [0.1, 0.15) is 0 Å². The van der Waals surface area contributed by atoms with Gasteiger partial charge in [0.2, 0.25) is 5.91 Å². The van der Waals surface area contributed by atoms with Crippen molar-refractivity contribution in [3.63, 3.8) is 0 Å². The van der Waals surface area contributed by atoms with E-state index in [1.165, 1.54) is 0 Å². The molecule has 1 heterocycles. The summed E-state index contributed by atoms with van der Waals surface area (Å²) in [5, 5.41) is 0. The van der Waals surface area contributed by atoms with Gasteiger partial charge in [-0.3, -0.25) is 10.2 Å². The Hall–Kier alpha value is -0.690. The number of nitrogens with one attached hydrogen (secondary N) is 4. The Labute approximate surface area is 82.9 Å². The van der Waals surface area contributed by atoms with Crippen LogP contribution in [0.25, 0.3) is 0 Å². The van der Waals surface area contributed by atoms with Gasteiger partial charge in [-0.05, 0) is 25.7 Å². The van der Waals surface area contributed by atoms with Crippen LogP contribution >= 0.6 is 0 Å². The standard InChI is InChI=1S/C8H17N5O/c9-11-7(14)6-1-3-8(4-2-6)5-10-13-12-8/h6,10,12-13H,1-5,9H2,(H,11,14). The fraction of sp³-hybridized carbons (Fsp3) is 0.875. The van der Waals surface area contributed by atoms with Gasteiger partial charge >= 0.3 is 0 Å². The third kappa shape index (κ3) is 1.74. The molecule has 1 spiro atoms. The Balaban J connectivity index is 1.88. The van der Waals surface area contributed by atoms with E-state index in [2.05, 4.69) is 21.8 Å². The number of hydrazine groups is 3. The zero-order chi connectivity index (χ0) is 10.0. The summed E-state index contributed by atoms with van der Waals surface area (Å²) in [4.78, 5) is 11.3. The van der Waals surface area contributed by atoms with Crippen molar-refractivity contribution in [1.82, 2.24) is 21.8 Å². The van der Waals surface area contributed by atoms with E-state index in [1.807, 2.05) is 0 Å². The van der Waals surface area contributed by atoms with Crippen molar-refractivity contribution >= 4 is 5.91 Å². The van der Waals surface area contributed by atoms with Crippen molar-refractivity contribution in [3.8, 4) is 0 Å². The average molecular weight is 199 g/mol. The van der Waals surface area contributed by atoms with E-state index in [0.717, 1.165) is 32.2 Å². The predicted molar refractivity (Wildman–Crippen MR) is 51.3 cm³/mol. The first kappa shape index (κ1) is 9.85. The molecule has 2 rings (SSSR count). The molecule has 2 aliphatic rings. The Morgan fingerprint density at radius 1 is 1.43 bits per heavy atom. The van der Waals surface area contributed by atoms with Crippen molar-refractivity contribution in [2.75, 3.05) is 6.54 Å². The number of hydrogen-bond donors (Lipinski definition) is 5. The van der Waals surface area contributed by atoms with Gasteiger partial charge in [0, 0.05) is 18.0 Å². The molecule has 1 saturated carbocycles. The molecule has 6 heteroatoms. The van der Waals surface area contributed by atoms with Crippen LogP contribution < -0.4 is 27.7 Å². The Morgan fingerprint density at radius 3 is 2.64 bits per heavy atom. The lowest BCUT2D eigenvalue weighted by molar-refractivity contribution is -0.126. The predicted octanol–water partition coefficient (Wildman–Crippen LogP) is -1.48. The van der Waals surface area contributed by atoms with Crippen molar-refractivity contribution in [1.29, 1.82) is 0 Å². The lowest BCUT2D eigenvalue weighted by atomic mass is 9.77. The van der Waals surface area contributed by atoms with Gasteiger partial charge < -0.3 is 0 Å². The van der Waals surface area contributed by atoms with E-state index in [-0.39, 0.29) is 17.4 Å². The van der Waals surface area contributed by atoms with E-state index < -0.39 is 0 Å². The lowest BCUT2D eigenvalue weighted by Gasteiger charge is -2.35. The molecule has 14 heavy (non-hydrogen) atoms. The Kier molecular flexibility index (Phi) is 2.69. The summed E-state index contributed by atoms with van der Waals surface area (Å²) in [6.45, 7) is 0.921. The summed E-state index contributed by atoms with van der Waals surface area (Å²) in [7, 11) is 0. The molecule has 0 aromatic heterocycles. The van der Waals surface area contributed by atoms with E-state index in [1.54, 1.807) is 0 Å². The lowest BCUT2D eigenvalue weighted by Crippen LogP contribution is -2.50. The van der Waals surface area contributed by atoms with Crippen LogP contribution in [0.1, 0.15) is 25.7 Å². The first-order valence-electron chi connectivity index (χ1n) is 5.01. The van der Waals surface area contributed by atoms with Gasteiger partial charge in [0.15, 0.2) is 0 Å². The maximum absolute atomic E-state index is 11.3. The Morgan fingerprint density at radius 2 is 2.14 bits per heavy atom. The summed E-state index contributed by atoms with van der Waals surface area (Å²) >= 11 is 0. The molecule has 0 bridgehead atoms. The number of carbonyl (C=O) groups excluding carboxylic acids is 1. The number of rotatable bonds is 1. The van der Waals surface area contributed by atoms with Gasteiger partial charge in [-0.25, -0.2) is 16.7 Å². The van der Waals surface area contributed by atoms with Crippen LogP contribution in [0.5, 0.6) is 0 Å². The van der Waals surface area contributed by atoms with E-state index in [9.17, 15) is 4.79 Å². The van der Waals surface area contributed by atoms with Crippen LogP contribution in [-0.4, -0.2) is 18.0 Å². The van der Waals surface area contributed by atoms with Gasteiger partial charge in [-0.2, -0.15) is 5.53 Å². The molecule has 0 aromatic rings. The summed E-state index contributed by atoms with van der Waals surface area (Å²) in [6, 6.07) is 0. The fourth-order valence-electron chi connectivity index (χ4n) is 2.29. The molecule has 0 aromatic carbocycles. The summed E-state index contributed by atoms with van der Waals surface area (Å²) < 4.78 is 0. The fourth-order valence-corrected chi connectivity index (χ4v) is 2.29. The van der Waals surface area contributed by atoms with Crippen molar-refractivity contribution in [2.45, 2.75) is 31.2 Å². The SMILES string of the molecule is NNC(=O)C1CCC2(CC1)CNNN2. The number of amides is 1. The minimum absolute atomic E-state index is 0.0289. The second kappa shape index (κ2) is 3.82. The highest BCUT2D eigenvalue weighted by Gasteiger charge is 2.39. The van der Waals surface area contributed by atoms with E-state index in [0.29, 0.717) is 0 Å². The highest BCUT2D eigenvalue weighted by Crippen LogP contribution is 2.32. The molecule has 0 unspecified atom stereocenters. The average Bonchev–Trinajstić information content (AvgIpc) is 2.67. The van der Waals surface area contributed by atoms with Gasteiger partial charge in [-0.1, -0.05) is 0 Å². The van der Waals surface area contributed by atoms with Crippen LogP contribution in [0, 0.1) is 5.92 Å². The third-order valence-electron chi connectivity index (χ3n) is 3.30. The number of nitrogens with two attached hydrogens (primary N) is 1. The molecule has 80 valence electrons.